The molecule has 3 nitrogen and oxygen atoms in total. The van der Waals surface area contributed by atoms with Crippen LogP contribution in [0.2, 0.25) is 0 Å². The quantitative estimate of drug-likeness (QED) is 0.622. The van der Waals surface area contributed by atoms with Crippen LogP contribution in [-0.4, -0.2) is 43.7 Å². The van der Waals surface area contributed by atoms with Gasteiger partial charge in [-0.25, -0.2) is 0 Å². The Bertz CT molecular complexity index is 138. The fourth-order valence-electron chi connectivity index (χ4n) is 2.12. The normalized spacial score (nSPS) is 24.0. The maximum atomic E-state index is 5.40. The van der Waals surface area contributed by atoms with Gasteiger partial charge in [0, 0.05) is 19.1 Å². The Kier molecular flexibility index (Phi) is 6.15. The van der Waals surface area contributed by atoms with Gasteiger partial charge in [-0.05, 0) is 45.8 Å². The first-order valence-electron chi connectivity index (χ1n) is 5.99. The van der Waals surface area contributed by atoms with Crippen LogP contribution in [0.3, 0.4) is 0 Å². The van der Waals surface area contributed by atoms with E-state index < -0.39 is 0 Å². The standard InChI is InChI=1S/C11H25N3/c1-11-5-2-3-9-14(11)10-4-7-13-8-6-12/h11,13H,2-10,12H2,1H3. The Morgan fingerprint density at radius 1 is 1.36 bits per heavy atom. The molecular formula is C11H25N3. The topological polar surface area (TPSA) is 41.3 Å². The minimum atomic E-state index is 0.750. The number of nitrogens with zero attached hydrogens (tertiary/aromatic N) is 1. The summed E-state index contributed by atoms with van der Waals surface area (Å²) < 4.78 is 0. The van der Waals surface area contributed by atoms with Gasteiger partial charge >= 0.3 is 0 Å². The molecule has 0 aromatic heterocycles. The summed E-state index contributed by atoms with van der Waals surface area (Å²) in [4.78, 5) is 2.62. The molecule has 0 aromatic carbocycles. The third-order valence-corrected chi connectivity index (χ3v) is 3.06. The zero-order valence-electron chi connectivity index (χ0n) is 9.47. The average Bonchev–Trinajstić information content (AvgIpc) is 2.20. The van der Waals surface area contributed by atoms with E-state index in [-0.39, 0.29) is 0 Å². The predicted molar refractivity (Wildman–Crippen MR) is 61.4 cm³/mol. The summed E-state index contributed by atoms with van der Waals surface area (Å²) in [5, 5.41) is 3.34. The number of hydrogen-bond acceptors (Lipinski definition) is 3. The second-order valence-corrected chi connectivity index (χ2v) is 4.27. The fraction of sp³-hybridized carbons (Fsp3) is 1.00. The smallest absolute Gasteiger partial charge is 0.00745 e. The van der Waals surface area contributed by atoms with E-state index in [0.717, 1.165) is 25.7 Å². The van der Waals surface area contributed by atoms with Crippen LogP contribution in [0.15, 0.2) is 0 Å². The number of nitrogens with two attached hydrogens (primary N) is 1. The molecule has 0 bridgehead atoms. The summed E-state index contributed by atoms with van der Waals surface area (Å²) in [6.45, 7) is 7.72. The van der Waals surface area contributed by atoms with Gasteiger partial charge in [0.25, 0.3) is 0 Å². The van der Waals surface area contributed by atoms with Gasteiger partial charge in [-0.1, -0.05) is 6.42 Å². The van der Waals surface area contributed by atoms with Crippen LogP contribution < -0.4 is 11.1 Å². The molecule has 1 atom stereocenters. The van der Waals surface area contributed by atoms with E-state index >= 15 is 0 Å². The lowest BCUT2D eigenvalue weighted by molar-refractivity contribution is 0.159. The molecule has 0 saturated carbocycles. The molecule has 3 heteroatoms. The number of hydrogen-bond donors (Lipinski definition) is 2. The Balaban J connectivity index is 1.99. The monoisotopic (exact) mass is 199 g/mol. The molecule has 3 N–H and O–H groups in total. The molecule has 0 radical (unpaired) electrons. The molecule has 1 saturated heterocycles. The van der Waals surface area contributed by atoms with Gasteiger partial charge < -0.3 is 16.0 Å². The van der Waals surface area contributed by atoms with Gasteiger partial charge in [0.2, 0.25) is 0 Å². The van der Waals surface area contributed by atoms with E-state index in [1.165, 1.54) is 38.8 Å². The maximum Gasteiger partial charge on any atom is 0.00745 e. The summed E-state index contributed by atoms with van der Waals surface area (Å²) in [6, 6.07) is 0.804. The van der Waals surface area contributed by atoms with Crippen LogP contribution >= 0.6 is 0 Å². The van der Waals surface area contributed by atoms with Gasteiger partial charge in [-0.3, -0.25) is 0 Å². The SMILES string of the molecule is CC1CCCCN1CCCNCCN. The fourth-order valence-corrected chi connectivity index (χ4v) is 2.12. The average molecular weight is 199 g/mol. The largest absolute Gasteiger partial charge is 0.329 e. The highest BCUT2D eigenvalue weighted by atomic mass is 15.2. The number of likely N-dealkylation sites (tertiary alicyclic amines) is 1. The van der Waals surface area contributed by atoms with Crippen molar-refractivity contribution in [2.45, 2.75) is 38.6 Å². The lowest BCUT2D eigenvalue weighted by Gasteiger charge is -2.33. The minimum Gasteiger partial charge on any atom is -0.329 e. The van der Waals surface area contributed by atoms with E-state index in [4.69, 9.17) is 5.73 Å². The molecule has 0 amide bonds. The summed E-state index contributed by atoms with van der Waals surface area (Å²) in [6.07, 6.45) is 5.45. The zero-order chi connectivity index (χ0) is 10.2. The van der Waals surface area contributed by atoms with E-state index in [9.17, 15) is 0 Å². The Morgan fingerprint density at radius 2 is 2.21 bits per heavy atom. The first kappa shape index (κ1) is 12.0. The Morgan fingerprint density at radius 3 is 2.93 bits per heavy atom. The molecule has 1 fully saturated rings. The van der Waals surface area contributed by atoms with E-state index in [1.54, 1.807) is 0 Å². The Labute approximate surface area is 88.0 Å². The van der Waals surface area contributed by atoms with Gasteiger partial charge in [0.1, 0.15) is 0 Å². The lowest BCUT2D eigenvalue weighted by Crippen LogP contribution is -2.39. The first-order valence-corrected chi connectivity index (χ1v) is 5.99. The van der Waals surface area contributed by atoms with Crippen LogP contribution in [0.5, 0.6) is 0 Å². The van der Waals surface area contributed by atoms with Crippen molar-refractivity contribution in [2.75, 3.05) is 32.7 Å². The molecule has 0 aliphatic carbocycles. The number of piperidine rings is 1. The van der Waals surface area contributed by atoms with E-state index in [2.05, 4.69) is 17.1 Å². The molecule has 1 aliphatic rings. The number of nitrogens with one attached hydrogen (secondary N) is 1. The molecule has 84 valence electrons. The summed E-state index contributed by atoms with van der Waals surface area (Å²) in [5.41, 5.74) is 5.40. The van der Waals surface area contributed by atoms with Crippen molar-refractivity contribution < 1.29 is 0 Å². The van der Waals surface area contributed by atoms with Crippen LogP contribution in [0.25, 0.3) is 0 Å². The highest BCUT2D eigenvalue weighted by molar-refractivity contribution is 4.72. The van der Waals surface area contributed by atoms with Crippen LogP contribution in [0.1, 0.15) is 32.6 Å². The Hall–Kier alpha value is -0.120. The highest BCUT2D eigenvalue weighted by Gasteiger charge is 2.16. The summed E-state index contributed by atoms with van der Waals surface area (Å²) >= 11 is 0. The second-order valence-electron chi connectivity index (χ2n) is 4.27. The maximum absolute atomic E-state index is 5.40. The molecule has 1 heterocycles. The molecule has 1 aliphatic heterocycles. The molecule has 14 heavy (non-hydrogen) atoms. The minimum absolute atomic E-state index is 0.750. The van der Waals surface area contributed by atoms with Crippen molar-refractivity contribution in [1.29, 1.82) is 0 Å². The highest BCUT2D eigenvalue weighted by Crippen LogP contribution is 2.15. The van der Waals surface area contributed by atoms with Crippen LogP contribution in [0.4, 0.5) is 0 Å². The molecular weight excluding hydrogens is 174 g/mol. The van der Waals surface area contributed by atoms with Crippen molar-refractivity contribution in [3.63, 3.8) is 0 Å². The van der Waals surface area contributed by atoms with Gasteiger partial charge in [-0.2, -0.15) is 0 Å². The zero-order valence-corrected chi connectivity index (χ0v) is 9.47. The van der Waals surface area contributed by atoms with Crippen molar-refractivity contribution in [3.05, 3.63) is 0 Å². The van der Waals surface area contributed by atoms with Crippen LogP contribution in [0, 0.1) is 0 Å². The third kappa shape index (κ3) is 4.40. The molecule has 0 aromatic rings. The van der Waals surface area contributed by atoms with Crippen molar-refractivity contribution in [3.8, 4) is 0 Å². The van der Waals surface area contributed by atoms with E-state index in [0.29, 0.717) is 0 Å². The van der Waals surface area contributed by atoms with Crippen LogP contribution in [-0.2, 0) is 0 Å². The van der Waals surface area contributed by atoms with Crippen molar-refractivity contribution >= 4 is 0 Å². The predicted octanol–water partition coefficient (Wildman–Crippen LogP) is 0.799. The number of rotatable bonds is 6. The summed E-state index contributed by atoms with van der Waals surface area (Å²) in [7, 11) is 0. The molecule has 0 spiro atoms. The molecule has 1 rings (SSSR count). The van der Waals surface area contributed by atoms with Crippen molar-refractivity contribution in [2.24, 2.45) is 5.73 Å². The third-order valence-electron chi connectivity index (χ3n) is 3.06. The lowest BCUT2D eigenvalue weighted by atomic mass is 10.0. The first-order chi connectivity index (χ1) is 6.84. The van der Waals surface area contributed by atoms with Gasteiger partial charge in [-0.15, -0.1) is 0 Å². The van der Waals surface area contributed by atoms with Gasteiger partial charge in [0.05, 0.1) is 0 Å². The summed E-state index contributed by atoms with van der Waals surface area (Å²) in [5.74, 6) is 0. The van der Waals surface area contributed by atoms with Gasteiger partial charge in [0.15, 0.2) is 0 Å². The van der Waals surface area contributed by atoms with Crippen molar-refractivity contribution in [1.82, 2.24) is 10.2 Å². The second kappa shape index (κ2) is 7.21. The molecule has 1 unspecified atom stereocenters. The van der Waals surface area contributed by atoms with E-state index in [1.807, 2.05) is 0 Å².